The molecular weight excluding hydrogens is 677 g/mol. The van der Waals surface area contributed by atoms with Crippen LogP contribution in [0, 0.1) is 22.7 Å². The Kier molecular flexibility index (Phi) is 19.7. The molecule has 49 heavy (non-hydrogen) atoms. The van der Waals surface area contributed by atoms with Gasteiger partial charge >= 0.3 is 18.1 Å². The Morgan fingerprint density at radius 1 is 0.918 bits per heavy atom. The first-order valence-electron chi connectivity index (χ1n) is 15.6. The highest BCUT2D eigenvalue weighted by Gasteiger charge is 2.36. The zero-order chi connectivity index (χ0) is 36.9. The number of carbonyl (C=O) groups excluding carboxylic acids is 4. The van der Waals surface area contributed by atoms with Crippen LogP contribution < -0.4 is 5.73 Å². The summed E-state index contributed by atoms with van der Waals surface area (Å²) in [5, 5.41) is 28.0. The summed E-state index contributed by atoms with van der Waals surface area (Å²) >= 11 is 12.2. The molecule has 1 unspecified atom stereocenters. The topological polar surface area (TPSA) is 207 Å². The zero-order valence-corrected chi connectivity index (χ0v) is 29.1. The molecule has 264 valence electrons. The van der Waals surface area contributed by atoms with Gasteiger partial charge in [-0.05, 0) is 86.1 Å². The van der Waals surface area contributed by atoms with Crippen molar-refractivity contribution >= 4 is 47.6 Å². The lowest BCUT2D eigenvalue weighted by atomic mass is 9.75. The van der Waals surface area contributed by atoms with Crippen LogP contribution in [0.25, 0.3) is 0 Å². The van der Waals surface area contributed by atoms with Gasteiger partial charge in [0.15, 0.2) is 0 Å². The lowest BCUT2D eigenvalue weighted by molar-refractivity contribution is -0.191. The third-order valence-corrected chi connectivity index (χ3v) is 8.22. The van der Waals surface area contributed by atoms with Gasteiger partial charge < -0.3 is 25.1 Å². The van der Waals surface area contributed by atoms with Gasteiger partial charge in [0.2, 0.25) is 0 Å². The maximum atomic E-state index is 11.6. The molecule has 12 nitrogen and oxygen atoms in total. The molecule has 0 radical (unpaired) electrons. The summed E-state index contributed by atoms with van der Waals surface area (Å²) in [5.41, 5.74) is 7.83. The molecule has 3 N–H and O–H groups in total. The number of nitriles is 2. The van der Waals surface area contributed by atoms with Gasteiger partial charge in [-0.15, -0.1) is 0 Å². The van der Waals surface area contributed by atoms with Crippen LogP contribution in [0.5, 0.6) is 0 Å². The average molecular weight is 719 g/mol. The molecule has 0 amide bonds. The van der Waals surface area contributed by atoms with E-state index in [1.54, 1.807) is 37.3 Å². The van der Waals surface area contributed by atoms with E-state index in [2.05, 4.69) is 12.1 Å². The predicted octanol–water partition coefficient (Wildman–Crippen LogP) is 5.88. The number of rotatable bonds is 9. The van der Waals surface area contributed by atoms with Crippen molar-refractivity contribution < 1.29 is 43.3 Å². The summed E-state index contributed by atoms with van der Waals surface area (Å²) < 4.78 is 15.6. The molecule has 2 aromatic rings. The highest BCUT2D eigenvalue weighted by molar-refractivity contribution is 6.31. The Bertz CT molecular complexity index is 1500. The average Bonchev–Trinajstić information content (AvgIpc) is 3.09. The number of halogens is 2. The molecular formula is C35H41Cl2N3O9. The fourth-order valence-corrected chi connectivity index (χ4v) is 5.65. The smallest absolute Gasteiger partial charge is 0.373 e. The van der Waals surface area contributed by atoms with Crippen molar-refractivity contribution in [1.82, 2.24) is 0 Å². The van der Waals surface area contributed by atoms with Crippen LogP contribution in [0.2, 0.25) is 10.0 Å². The number of carbonyl (C=O) groups is 3. The van der Waals surface area contributed by atoms with Crippen LogP contribution >= 0.6 is 23.2 Å². The molecule has 2 aliphatic rings. The van der Waals surface area contributed by atoms with Crippen LogP contribution in [0.1, 0.15) is 91.9 Å². The Hall–Kier alpha value is -4.13. The second kappa shape index (κ2) is 22.5. The summed E-state index contributed by atoms with van der Waals surface area (Å²) in [6, 6.07) is 14.8. The van der Waals surface area contributed by atoms with Crippen molar-refractivity contribution in [3.63, 3.8) is 0 Å². The quantitative estimate of drug-likeness (QED) is 0.230. The van der Waals surface area contributed by atoms with E-state index in [9.17, 15) is 24.9 Å². The molecule has 4 rings (SSSR count). The third kappa shape index (κ3) is 14.1. The number of nitrogens with zero attached hydrogens (tertiary/aromatic N) is 2. The van der Waals surface area contributed by atoms with Gasteiger partial charge in [0, 0.05) is 54.5 Å². The molecule has 1 atom stereocenters. The molecule has 0 spiro atoms. The molecule has 0 aromatic heterocycles. The van der Waals surface area contributed by atoms with Crippen molar-refractivity contribution in [3.05, 3.63) is 68.7 Å². The van der Waals surface area contributed by atoms with Gasteiger partial charge in [0.1, 0.15) is 6.29 Å². The highest BCUT2D eigenvalue weighted by Crippen LogP contribution is 2.37. The zero-order valence-electron chi connectivity index (χ0n) is 27.5. The SMILES string of the molecule is CCCC(=O)O.CCOC(=O)CC(N)c1cc(Cl)cc(C2(C#N)CCOCC2)c1.N#CC1(c2cc(Cl)cc(C=O)c2)CCOCC1.O=C=O. The molecule has 2 aliphatic heterocycles. The van der Waals surface area contributed by atoms with Gasteiger partial charge in [-0.1, -0.05) is 36.2 Å². The largest absolute Gasteiger partial charge is 0.481 e. The van der Waals surface area contributed by atoms with Crippen LogP contribution in [-0.2, 0) is 44.2 Å². The van der Waals surface area contributed by atoms with E-state index in [-0.39, 0.29) is 18.5 Å². The lowest BCUT2D eigenvalue weighted by Gasteiger charge is -2.31. The number of hydrogen-bond acceptors (Lipinski definition) is 11. The molecule has 2 aromatic carbocycles. The molecule has 2 heterocycles. The first kappa shape index (κ1) is 42.9. The monoisotopic (exact) mass is 717 g/mol. The fraction of sp³-hybridized carbons (Fsp3) is 0.486. The number of nitrogens with two attached hydrogens (primary N) is 1. The van der Waals surface area contributed by atoms with Gasteiger partial charge in [-0.25, -0.2) is 0 Å². The molecule has 2 saturated heterocycles. The van der Waals surface area contributed by atoms with Crippen LogP contribution in [0.3, 0.4) is 0 Å². The molecule has 0 saturated carbocycles. The Morgan fingerprint density at radius 2 is 1.39 bits per heavy atom. The van der Waals surface area contributed by atoms with E-state index in [1.165, 1.54) is 0 Å². The number of ether oxygens (including phenoxy) is 3. The Morgan fingerprint density at radius 3 is 1.78 bits per heavy atom. The summed E-state index contributed by atoms with van der Waals surface area (Å²) in [6.45, 7) is 6.14. The first-order valence-corrected chi connectivity index (χ1v) is 16.3. The van der Waals surface area contributed by atoms with Gasteiger partial charge in [0.25, 0.3) is 0 Å². The third-order valence-electron chi connectivity index (χ3n) is 7.79. The van der Waals surface area contributed by atoms with Crippen molar-refractivity contribution in [2.75, 3.05) is 33.0 Å². The van der Waals surface area contributed by atoms with Crippen LogP contribution in [-0.4, -0.2) is 62.5 Å². The van der Waals surface area contributed by atoms with E-state index >= 15 is 0 Å². The minimum absolute atomic E-state index is 0.0796. The minimum Gasteiger partial charge on any atom is -0.481 e. The number of aldehydes is 1. The van der Waals surface area contributed by atoms with Crippen LogP contribution in [0.4, 0.5) is 0 Å². The Labute approximate surface area is 296 Å². The van der Waals surface area contributed by atoms with E-state index < -0.39 is 22.8 Å². The van der Waals surface area contributed by atoms with E-state index in [4.69, 9.17) is 57.8 Å². The predicted molar refractivity (Wildman–Crippen MR) is 179 cm³/mol. The second-order valence-corrected chi connectivity index (χ2v) is 12.0. The lowest BCUT2D eigenvalue weighted by Crippen LogP contribution is -2.32. The maximum absolute atomic E-state index is 11.6. The van der Waals surface area contributed by atoms with E-state index in [1.807, 2.05) is 13.0 Å². The number of aliphatic carboxylic acids is 1. The number of carboxylic acid groups (broad SMARTS) is 1. The fourth-order valence-electron chi connectivity index (χ4n) is 5.16. The summed E-state index contributed by atoms with van der Waals surface area (Å²) in [6.07, 6.45) is 4.63. The summed E-state index contributed by atoms with van der Waals surface area (Å²) in [5.74, 6) is -1.06. The number of esters is 1. The molecule has 2 fully saturated rings. The van der Waals surface area contributed by atoms with Crippen molar-refractivity contribution in [2.24, 2.45) is 5.73 Å². The normalized spacial score (nSPS) is 16.0. The number of hydrogen-bond donors (Lipinski definition) is 2. The minimum atomic E-state index is -0.711. The van der Waals surface area contributed by atoms with E-state index in [0.717, 1.165) is 29.4 Å². The highest BCUT2D eigenvalue weighted by atomic mass is 35.5. The Balaban J connectivity index is 0.000000403. The number of carboxylic acids is 1. The van der Waals surface area contributed by atoms with Crippen molar-refractivity contribution in [1.29, 1.82) is 10.5 Å². The van der Waals surface area contributed by atoms with Crippen molar-refractivity contribution in [3.8, 4) is 12.1 Å². The molecule has 14 heteroatoms. The van der Waals surface area contributed by atoms with Gasteiger partial charge in [0.05, 0.1) is 36.0 Å². The summed E-state index contributed by atoms with van der Waals surface area (Å²) in [4.78, 5) is 48.3. The van der Waals surface area contributed by atoms with Crippen molar-refractivity contribution in [2.45, 2.75) is 75.7 Å². The van der Waals surface area contributed by atoms with Crippen LogP contribution in [0.15, 0.2) is 36.4 Å². The van der Waals surface area contributed by atoms with E-state index in [0.29, 0.717) is 80.7 Å². The summed E-state index contributed by atoms with van der Waals surface area (Å²) in [7, 11) is 0. The molecule has 0 bridgehead atoms. The standard InChI is InChI=1S/C17H21ClN2O3.C13H12ClNO2.C4H8O2.CO2/c1-2-23-16(21)10-15(20)12-7-13(9-14(18)8-12)17(11-19)3-5-22-6-4-17;14-12-6-10(8-16)5-11(7-12)13(9-15)1-3-17-4-2-13;1-2-3-4(5)6;2-1-3/h7-9,15H,2-6,10,20H2,1H3;5-8H,1-4H2;2-3H2,1H3,(H,5,6);. The maximum Gasteiger partial charge on any atom is 0.373 e. The van der Waals surface area contributed by atoms with Gasteiger partial charge in [-0.2, -0.15) is 20.1 Å². The molecule has 0 aliphatic carbocycles. The first-order chi connectivity index (χ1) is 23.4. The van der Waals surface area contributed by atoms with Gasteiger partial charge in [-0.3, -0.25) is 14.4 Å². The number of benzene rings is 2. The second-order valence-electron chi connectivity index (χ2n) is 11.1.